The fourth-order valence-corrected chi connectivity index (χ4v) is 1.62. The smallest absolute Gasteiger partial charge is 0.323 e. The average Bonchev–Trinajstić information content (AvgIpc) is 2.27. The van der Waals surface area contributed by atoms with Gasteiger partial charge in [-0.15, -0.1) is 6.58 Å². The normalized spacial score (nSPS) is 10.7. The molecular formula is C9H17N3O5S. The van der Waals surface area contributed by atoms with Crippen molar-refractivity contribution >= 4 is 22.0 Å². The van der Waals surface area contributed by atoms with E-state index in [9.17, 15) is 18.0 Å². The Morgan fingerprint density at radius 2 is 2.06 bits per heavy atom. The first-order valence-corrected chi connectivity index (χ1v) is 6.74. The van der Waals surface area contributed by atoms with E-state index in [4.69, 9.17) is 5.11 Å². The Kier molecular flexibility index (Phi) is 6.98. The van der Waals surface area contributed by atoms with Crippen LogP contribution in [0.2, 0.25) is 0 Å². The van der Waals surface area contributed by atoms with Gasteiger partial charge in [-0.3, -0.25) is 4.79 Å². The monoisotopic (exact) mass is 279 g/mol. The van der Waals surface area contributed by atoms with Gasteiger partial charge in [0.05, 0.1) is 5.75 Å². The average molecular weight is 279 g/mol. The van der Waals surface area contributed by atoms with Crippen LogP contribution in [0.15, 0.2) is 12.7 Å². The van der Waals surface area contributed by atoms with Gasteiger partial charge < -0.3 is 15.3 Å². The number of carboxylic acids is 1. The highest BCUT2D eigenvalue weighted by Gasteiger charge is 2.15. The van der Waals surface area contributed by atoms with E-state index < -0.39 is 28.6 Å². The predicted octanol–water partition coefficient (Wildman–Crippen LogP) is -1.18. The van der Waals surface area contributed by atoms with E-state index in [-0.39, 0.29) is 18.8 Å². The minimum atomic E-state index is -3.40. The van der Waals surface area contributed by atoms with Crippen molar-refractivity contribution in [2.24, 2.45) is 0 Å². The van der Waals surface area contributed by atoms with Crippen molar-refractivity contribution in [3.05, 3.63) is 12.7 Å². The van der Waals surface area contributed by atoms with Gasteiger partial charge in [-0.05, 0) is 7.05 Å². The fraction of sp³-hybridized carbons (Fsp3) is 0.556. The molecule has 0 aliphatic carbocycles. The minimum Gasteiger partial charge on any atom is -0.480 e. The zero-order chi connectivity index (χ0) is 14.2. The maximum absolute atomic E-state index is 11.5. The molecule has 0 spiro atoms. The quantitative estimate of drug-likeness (QED) is 0.484. The second kappa shape index (κ2) is 7.67. The molecule has 0 saturated carbocycles. The van der Waals surface area contributed by atoms with Crippen LogP contribution in [0.3, 0.4) is 0 Å². The number of hydrogen-bond donors (Lipinski definition) is 3. The Labute approximate surface area is 106 Å². The first-order valence-electron chi connectivity index (χ1n) is 5.09. The van der Waals surface area contributed by atoms with Crippen LogP contribution in [0.4, 0.5) is 4.79 Å². The Hall–Kier alpha value is -1.61. The molecule has 0 atom stereocenters. The molecule has 0 aromatic carbocycles. The van der Waals surface area contributed by atoms with Gasteiger partial charge in [0.15, 0.2) is 0 Å². The van der Waals surface area contributed by atoms with E-state index in [1.54, 1.807) is 0 Å². The lowest BCUT2D eigenvalue weighted by Gasteiger charge is -2.19. The summed E-state index contributed by atoms with van der Waals surface area (Å²) >= 11 is 0. The van der Waals surface area contributed by atoms with Gasteiger partial charge in [0.25, 0.3) is 0 Å². The zero-order valence-corrected chi connectivity index (χ0v) is 10.9. The standard InChI is InChI=1S/C9H17N3O5S/c1-3-5-12(7-8(13)14)9(15)11-4-6-18(16,17)10-2/h3,10H,1,4-7H2,2H3,(H,11,15)(H,13,14). The van der Waals surface area contributed by atoms with Gasteiger partial charge in [-0.25, -0.2) is 17.9 Å². The summed E-state index contributed by atoms with van der Waals surface area (Å²) in [4.78, 5) is 23.0. The summed E-state index contributed by atoms with van der Waals surface area (Å²) in [5.41, 5.74) is 0. The molecule has 0 heterocycles. The number of carbonyl (C=O) groups is 2. The Morgan fingerprint density at radius 3 is 2.50 bits per heavy atom. The first kappa shape index (κ1) is 16.4. The number of hydrogen-bond acceptors (Lipinski definition) is 4. The second-order valence-corrected chi connectivity index (χ2v) is 5.36. The van der Waals surface area contributed by atoms with Crippen molar-refractivity contribution in [3.63, 3.8) is 0 Å². The molecule has 0 radical (unpaired) electrons. The van der Waals surface area contributed by atoms with Crippen LogP contribution < -0.4 is 10.0 Å². The highest BCUT2D eigenvalue weighted by Crippen LogP contribution is 1.91. The summed E-state index contributed by atoms with van der Waals surface area (Å²) in [5, 5.41) is 10.9. The summed E-state index contributed by atoms with van der Waals surface area (Å²) < 4.78 is 24.2. The van der Waals surface area contributed by atoms with Crippen LogP contribution in [-0.4, -0.2) is 62.9 Å². The van der Waals surface area contributed by atoms with Crippen LogP contribution in [-0.2, 0) is 14.8 Å². The lowest BCUT2D eigenvalue weighted by Crippen LogP contribution is -2.44. The molecule has 0 aliphatic heterocycles. The summed E-state index contributed by atoms with van der Waals surface area (Å²) in [6.45, 7) is 2.89. The van der Waals surface area contributed by atoms with Gasteiger partial charge in [-0.2, -0.15) is 0 Å². The fourth-order valence-electron chi connectivity index (χ4n) is 1.04. The van der Waals surface area contributed by atoms with Crippen LogP contribution in [0.5, 0.6) is 0 Å². The third-order valence-electron chi connectivity index (χ3n) is 1.92. The molecule has 9 heteroatoms. The van der Waals surface area contributed by atoms with Gasteiger partial charge in [0.2, 0.25) is 10.0 Å². The van der Waals surface area contributed by atoms with E-state index >= 15 is 0 Å². The predicted molar refractivity (Wildman–Crippen MR) is 65.7 cm³/mol. The molecule has 0 rings (SSSR count). The molecule has 0 saturated heterocycles. The molecule has 104 valence electrons. The van der Waals surface area contributed by atoms with E-state index in [1.807, 2.05) is 0 Å². The molecule has 0 fully saturated rings. The van der Waals surface area contributed by atoms with Crippen molar-refractivity contribution in [1.29, 1.82) is 0 Å². The molecular weight excluding hydrogens is 262 g/mol. The molecule has 3 N–H and O–H groups in total. The van der Waals surface area contributed by atoms with Gasteiger partial charge >= 0.3 is 12.0 Å². The Morgan fingerprint density at radius 1 is 1.44 bits per heavy atom. The van der Waals surface area contributed by atoms with Crippen LogP contribution in [0, 0.1) is 0 Å². The topological polar surface area (TPSA) is 116 Å². The minimum absolute atomic E-state index is 0.0664. The molecule has 8 nitrogen and oxygen atoms in total. The number of sulfonamides is 1. The second-order valence-electron chi connectivity index (χ2n) is 3.32. The van der Waals surface area contributed by atoms with Crippen molar-refractivity contribution < 1.29 is 23.1 Å². The van der Waals surface area contributed by atoms with Crippen molar-refractivity contribution in [2.75, 3.05) is 32.4 Å². The number of aliphatic carboxylic acids is 1. The first-order chi connectivity index (χ1) is 8.32. The van der Waals surface area contributed by atoms with Crippen molar-refractivity contribution in [1.82, 2.24) is 14.9 Å². The molecule has 0 aliphatic rings. The van der Waals surface area contributed by atoms with Crippen molar-refractivity contribution in [2.45, 2.75) is 0 Å². The molecule has 18 heavy (non-hydrogen) atoms. The molecule has 2 amide bonds. The third-order valence-corrected chi connectivity index (χ3v) is 3.28. The van der Waals surface area contributed by atoms with E-state index in [0.29, 0.717) is 0 Å². The maximum Gasteiger partial charge on any atom is 0.323 e. The van der Waals surface area contributed by atoms with Crippen LogP contribution in [0.25, 0.3) is 0 Å². The number of amides is 2. The van der Waals surface area contributed by atoms with Crippen LogP contribution in [0.1, 0.15) is 0 Å². The molecule has 0 aromatic heterocycles. The summed E-state index contributed by atoms with van der Waals surface area (Å²) in [5.74, 6) is -1.43. The van der Waals surface area contributed by atoms with Crippen molar-refractivity contribution in [3.8, 4) is 0 Å². The van der Waals surface area contributed by atoms with E-state index in [2.05, 4.69) is 16.6 Å². The van der Waals surface area contributed by atoms with Gasteiger partial charge in [0, 0.05) is 13.1 Å². The Bertz CT molecular complexity index is 406. The van der Waals surface area contributed by atoms with Gasteiger partial charge in [-0.1, -0.05) is 6.08 Å². The number of nitrogens with one attached hydrogen (secondary N) is 2. The number of carbonyl (C=O) groups excluding carboxylic acids is 1. The summed E-state index contributed by atoms with van der Waals surface area (Å²) in [6.07, 6.45) is 1.38. The maximum atomic E-state index is 11.5. The number of nitrogens with zero attached hydrogens (tertiary/aromatic N) is 1. The highest BCUT2D eigenvalue weighted by molar-refractivity contribution is 7.89. The van der Waals surface area contributed by atoms with E-state index in [0.717, 1.165) is 4.90 Å². The molecule has 0 bridgehead atoms. The number of rotatable bonds is 8. The van der Waals surface area contributed by atoms with E-state index in [1.165, 1.54) is 13.1 Å². The lowest BCUT2D eigenvalue weighted by molar-refractivity contribution is -0.137. The van der Waals surface area contributed by atoms with Crippen LogP contribution >= 0.6 is 0 Å². The lowest BCUT2D eigenvalue weighted by atomic mass is 10.5. The Balaban J connectivity index is 4.26. The number of urea groups is 1. The SMILES string of the molecule is C=CCN(CC(=O)O)C(=O)NCCS(=O)(=O)NC. The number of carboxylic acid groups (broad SMARTS) is 1. The largest absolute Gasteiger partial charge is 0.480 e. The molecule has 0 unspecified atom stereocenters. The summed E-state index contributed by atoms with van der Waals surface area (Å²) in [6, 6.07) is -0.649. The summed E-state index contributed by atoms with van der Waals surface area (Å²) in [7, 11) is -2.13. The highest BCUT2D eigenvalue weighted by atomic mass is 32.2. The third kappa shape index (κ3) is 6.86. The van der Waals surface area contributed by atoms with Gasteiger partial charge in [0.1, 0.15) is 6.54 Å². The zero-order valence-electron chi connectivity index (χ0n) is 10.0. The molecule has 0 aromatic rings.